The highest BCUT2D eigenvalue weighted by Crippen LogP contribution is 2.46. The molecule has 2 aliphatic carbocycles. The molecule has 8 heteroatoms. The number of nitrogens with zero attached hydrogens (tertiary/aromatic N) is 3. The number of fused-ring (bicyclic) bond motifs is 3. The summed E-state index contributed by atoms with van der Waals surface area (Å²) in [5, 5.41) is 3.96. The molecule has 2 heterocycles. The Kier molecular flexibility index (Phi) is 4.43. The molecule has 1 saturated carbocycles. The molecule has 1 aromatic carbocycles. The lowest BCUT2D eigenvalue weighted by Crippen LogP contribution is -2.41. The van der Waals surface area contributed by atoms with Gasteiger partial charge in [0.2, 0.25) is 5.91 Å². The summed E-state index contributed by atoms with van der Waals surface area (Å²) in [5.41, 5.74) is 9.73. The number of hydrogen-bond donors (Lipinski definition) is 3. The van der Waals surface area contributed by atoms with Crippen molar-refractivity contribution in [3.05, 3.63) is 47.6 Å². The van der Waals surface area contributed by atoms with Crippen molar-refractivity contribution in [2.45, 2.75) is 12.5 Å². The zero-order chi connectivity index (χ0) is 21.0. The third-order valence-corrected chi connectivity index (χ3v) is 6.49. The van der Waals surface area contributed by atoms with E-state index in [2.05, 4.69) is 33.5 Å². The summed E-state index contributed by atoms with van der Waals surface area (Å²) >= 11 is 6.51. The van der Waals surface area contributed by atoms with Crippen LogP contribution in [0.15, 0.2) is 42.6 Å². The number of imidazole rings is 1. The maximum atomic E-state index is 12.1. The van der Waals surface area contributed by atoms with Gasteiger partial charge in [0, 0.05) is 31.4 Å². The van der Waals surface area contributed by atoms with Crippen molar-refractivity contribution < 1.29 is 4.79 Å². The molecule has 2 bridgehead atoms. The summed E-state index contributed by atoms with van der Waals surface area (Å²) in [6.07, 6.45) is 6.80. The van der Waals surface area contributed by atoms with Crippen molar-refractivity contribution in [2.75, 3.05) is 24.3 Å². The highest BCUT2D eigenvalue weighted by atomic mass is 35.5. The van der Waals surface area contributed by atoms with Gasteiger partial charge in [-0.3, -0.25) is 4.79 Å². The van der Waals surface area contributed by atoms with Gasteiger partial charge in [-0.25, -0.2) is 9.97 Å². The second-order valence-electron chi connectivity index (χ2n) is 8.26. The van der Waals surface area contributed by atoms with Gasteiger partial charge < -0.3 is 20.9 Å². The molecule has 1 amide bonds. The molecule has 1 fully saturated rings. The van der Waals surface area contributed by atoms with Crippen LogP contribution < -0.4 is 16.0 Å². The Bertz CT molecular complexity index is 1170. The smallest absolute Gasteiger partial charge is 0.223 e. The summed E-state index contributed by atoms with van der Waals surface area (Å²) in [6.45, 7) is 0. The van der Waals surface area contributed by atoms with Crippen molar-refractivity contribution in [3.8, 4) is 11.4 Å². The second kappa shape index (κ2) is 7.02. The largest absolute Gasteiger partial charge is 0.378 e. The third kappa shape index (κ3) is 3.01. The summed E-state index contributed by atoms with van der Waals surface area (Å²) in [5.74, 6) is 0.612. The van der Waals surface area contributed by atoms with Crippen molar-refractivity contribution >= 4 is 40.0 Å². The highest BCUT2D eigenvalue weighted by molar-refractivity contribution is 6.34. The van der Waals surface area contributed by atoms with Crippen molar-refractivity contribution in [1.82, 2.24) is 15.0 Å². The lowest BCUT2D eigenvalue weighted by atomic mass is 9.88. The average molecular weight is 423 g/mol. The summed E-state index contributed by atoms with van der Waals surface area (Å²) in [6, 6.07) is 8.01. The number of benzene rings is 1. The molecule has 2 aliphatic rings. The standard InChI is InChI=1S/C22H23ClN6O/c1-29(2)14-5-3-4-13(9-14)21-27-19-18(15(23)10-25-22(19)28-21)26-17-12-7-6-11(8-12)16(17)20(24)30/h3-7,9-12,16-17H,8H2,1-2H3,(H2,24,30)(H2,25,26,27,28)/t11-,12+,16+,17-/m0/s1. The number of primary amides is 1. The van der Waals surface area contributed by atoms with Crippen LogP contribution in [0.5, 0.6) is 0 Å². The molecule has 0 radical (unpaired) electrons. The Morgan fingerprint density at radius 2 is 2.10 bits per heavy atom. The quantitative estimate of drug-likeness (QED) is 0.547. The van der Waals surface area contributed by atoms with Crippen molar-refractivity contribution in [3.63, 3.8) is 0 Å². The Hall–Kier alpha value is -3.06. The van der Waals surface area contributed by atoms with Crippen LogP contribution in [0.2, 0.25) is 5.02 Å². The second-order valence-corrected chi connectivity index (χ2v) is 8.66. The molecule has 30 heavy (non-hydrogen) atoms. The Labute approximate surface area is 179 Å². The number of anilines is 2. The number of pyridine rings is 1. The minimum atomic E-state index is -0.283. The molecule has 2 aromatic heterocycles. The number of amides is 1. The van der Waals surface area contributed by atoms with Gasteiger partial charge >= 0.3 is 0 Å². The number of aromatic amines is 1. The van der Waals surface area contributed by atoms with Gasteiger partial charge in [0.1, 0.15) is 11.3 Å². The predicted octanol–water partition coefficient (Wildman–Crippen LogP) is 3.43. The molecule has 4 N–H and O–H groups in total. The average Bonchev–Trinajstić information content (AvgIpc) is 3.44. The van der Waals surface area contributed by atoms with Gasteiger partial charge in [-0.15, -0.1) is 0 Å². The van der Waals surface area contributed by atoms with Crippen LogP contribution in [0.25, 0.3) is 22.6 Å². The lowest BCUT2D eigenvalue weighted by Gasteiger charge is -2.27. The molecule has 7 nitrogen and oxygen atoms in total. The fraction of sp³-hybridized carbons (Fsp3) is 0.318. The predicted molar refractivity (Wildman–Crippen MR) is 119 cm³/mol. The molecule has 154 valence electrons. The number of nitrogens with two attached hydrogens (primary N) is 1. The molecule has 0 spiro atoms. The van der Waals surface area contributed by atoms with Crippen LogP contribution in [0, 0.1) is 17.8 Å². The van der Waals surface area contributed by atoms with Crippen LogP contribution in [0.3, 0.4) is 0 Å². The highest BCUT2D eigenvalue weighted by Gasteiger charge is 2.47. The van der Waals surface area contributed by atoms with E-state index in [0.29, 0.717) is 27.7 Å². The zero-order valence-corrected chi connectivity index (χ0v) is 17.5. The van der Waals surface area contributed by atoms with Crippen LogP contribution in [-0.4, -0.2) is 41.0 Å². The Morgan fingerprint density at radius 3 is 2.87 bits per heavy atom. The number of H-pyrrole nitrogens is 1. The van der Waals surface area contributed by atoms with Crippen molar-refractivity contribution in [1.29, 1.82) is 0 Å². The van der Waals surface area contributed by atoms with E-state index in [-0.39, 0.29) is 29.7 Å². The number of halogens is 1. The van der Waals surface area contributed by atoms with Gasteiger partial charge in [-0.1, -0.05) is 35.9 Å². The molecule has 0 saturated heterocycles. The van der Waals surface area contributed by atoms with Gasteiger partial charge in [0.05, 0.1) is 22.8 Å². The maximum Gasteiger partial charge on any atom is 0.223 e. The molecule has 0 unspecified atom stereocenters. The van der Waals surface area contributed by atoms with E-state index in [0.717, 1.165) is 17.7 Å². The van der Waals surface area contributed by atoms with E-state index < -0.39 is 0 Å². The molecule has 5 rings (SSSR count). The summed E-state index contributed by atoms with van der Waals surface area (Å²) in [4.78, 5) is 26.6. The van der Waals surface area contributed by atoms with Crippen LogP contribution in [-0.2, 0) is 4.79 Å². The number of carbonyl (C=O) groups is 1. The number of hydrogen-bond acceptors (Lipinski definition) is 5. The van der Waals surface area contributed by atoms with Crippen LogP contribution in [0.4, 0.5) is 11.4 Å². The Morgan fingerprint density at radius 1 is 1.30 bits per heavy atom. The van der Waals surface area contributed by atoms with E-state index in [1.807, 2.05) is 37.2 Å². The summed E-state index contributed by atoms with van der Waals surface area (Å²) in [7, 11) is 4.00. The van der Waals surface area contributed by atoms with Crippen LogP contribution in [0.1, 0.15) is 6.42 Å². The number of carbonyl (C=O) groups excluding carboxylic acids is 1. The van der Waals surface area contributed by atoms with Gasteiger partial charge in [0.25, 0.3) is 0 Å². The van der Waals surface area contributed by atoms with Gasteiger partial charge in [-0.2, -0.15) is 0 Å². The fourth-order valence-electron chi connectivity index (χ4n) is 4.71. The number of rotatable bonds is 5. The molecule has 4 atom stereocenters. The molecular weight excluding hydrogens is 400 g/mol. The topological polar surface area (TPSA) is 99.9 Å². The van der Waals surface area contributed by atoms with Crippen molar-refractivity contribution in [2.24, 2.45) is 23.5 Å². The zero-order valence-electron chi connectivity index (χ0n) is 16.8. The van der Waals surface area contributed by atoms with Crippen LogP contribution >= 0.6 is 11.6 Å². The molecule has 0 aliphatic heterocycles. The number of aromatic nitrogens is 3. The monoisotopic (exact) mass is 422 g/mol. The van der Waals surface area contributed by atoms with E-state index in [4.69, 9.17) is 22.3 Å². The van der Waals surface area contributed by atoms with E-state index in [1.165, 1.54) is 0 Å². The third-order valence-electron chi connectivity index (χ3n) is 6.20. The van der Waals surface area contributed by atoms with Gasteiger partial charge in [-0.05, 0) is 30.4 Å². The first-order valence-electron chi connectivity index (χ1n) is 9.98. The fourth-order valence-corrected chi connectivity index (χ4v) is 4.90. The van der Waals surface area contributed by atoms with E-state index >= 15 is 0 Å². The first-order valence-corrected chi connectivity index (χ1v) is 10.4. The lowest BCUT2D eigenvalue weighted by molar-refractivity contribution is -0.122. The Balaban J connectivity index is 1.55. The normalized spacial score (nSPS) is 24.5. The molecular formula is C22H23ClN6O. The first-order chi connectivity index (χ1) is 14.4. The number of allylic oxidation sites excluding steroid dienone is 1. The minimum Gasteiger partial charge on any atom is -0.378 e. The van der Waals surface area contributed by atoms with Gasteiger partial charge in [0.15, 0.2) is 5.65 Å². The molecule has 3 aromatic rings. The van der Waals surface area contributed by atoms with E-state index in [1.54, 1.807) is 6.20 Å². The summed E-state index contributed by atoms with van der Waals surface area (Å²) < 4.78 is 0. The SMILES string of the molecule is CN(C)c1cccc(-c2nc3c(N[C@@H]4[C@H](C(N)=O)[C@H]5C=C[C@@H]4C5)c(Cl)cnc3[nH]2)c1. The number of nitrogens with one attached hydrogen (secondary N) is 2. The first kappa shape index (κ1) is 18.9. The minimum absolute atomic E-state index is 0.0992. The maximum absolute atomic E-state index is 12.1. The van der Waals surface area contributed by atoms with E-state index in [9.17, 15) is 4.79 Å².